The predicted octanol–water partition coefficient (Wildman–Crippen LogP) is 4.49. The van der Waals surface area contributed by atoms with Crippen LogP contribution in [0, 0.1) is 12.8 Å². The van der Waals surface area contributed by atoms with E-state index < -0.39 is 0 Å². The van der Waals surface area contributed by atoms with Gasteiger partial charge in [-0.25, -0.2) is 4.98 Å². The van der Waals surface area contributed by atoms with Crippen LogP contribution in [0.1, 0.15) is 44.1 Å². The Balaban J connectivity index is 1.22. The van der Waals surface area contributed by atoms with Crippen LogP contribution in [-0.2, 0) is 11.3 Å². The van der Waals surface area contributed by atoms with E-state index in [0.717, 1.165) is 70.0 Å². The van der Waals surface area contributed by atoms with Crippen LogP contribution in [0.15, 0.2) is 48.5 Å². The molecular formula is C28H37N5O. The van der Waals surface area contributed by atoms with Crippen LogP contribution in [0.2, 0.25) is 0 Å². The van der Waals surface area contributed by atoms with Crippen molar-refractivity contribution in [2.75, 3.05) is 44.2 Å². The highest BCUT2D eigenvalue weighted by Gasteiger charge is 2.31. The van der Waals surface area contributed by atoms with Gasteiger partial charge in [0.1, 0.15) is 5.82 Å². The number of piperidine rings is 1. The molecule has 0 bridgehead atoms. The molecule has 0 spiro atoms. The van der Waals surface area contributed by atoms with Gasteiger partial charge in [-0.05, 0) is 70.0 Å². The molecule has 1 amide bonds. The van der Waals surface area contributed by atoms with E-state index in [0.29, 0.717) is 11.9 Å². The first kappa shape index (κ1) is 22.9. The topological polar surface area (TPSA) is 44.6 Å². The average molecular weight is 460 g/mol. The molecule has 1 aromatic heterocycles. The second-order valence-corrected chi connectivity index (χ2v) is 10.2. The molecule has 2 aliphatic rings. The minimum atomic E-state index is 0.0937. The zero-order valence-corrected chi connectivity index (χ0v) is 20.8. The van der Waals surface area contributed by atoms with Crippen molar-refractivity contribution >= 4 is 22.6 Å². The van der Waals surface area contributed by atoms with E-state index in [-0.39, 0.29) is 5.92 Å². The van der Waals surface area contributed by atoms with E-state index in [1.165, 1.54) is 16.8 Å². The molecule has 2 aliphatic heterocycles. The third kappa shape index (κ3) is 4.69. The van der Waals surface area contributed by atoms with Gasteiger partial charge < -0.3 is 14.4 Å². The lowest BCUT2D eigenvalue weighted by Gasteiger charge is -2.39. The van der Waals surface area contributed by atoms with Crippen molar-refractivity contribution in [1.82, 2.24) is 19.4 Å². The van der Waals surface area contributed by atoms with Crippen molar-refractivity contribution in [2.45, 2.75) is 46.2 Å². The molecule has 0 saturated carbocycles. The Morgan fingerprint density at radius 2 is 1.82 bits per heavy atom. The summed E-state index contributed by atoms with van der Waals surface area (Å²) in [5, 5.41) is 0. The number of hydrogen-bond donors (Lipinski definition) is 0. The smallest absolute Gasteiger partial charge is 0.227 e. The number of amides is 1. The molecule has 3 aromatic rings. The maximum absolute atomic E-state index is 13.4. The Morgan fingerprint density at radius 1 is 1.03 bits per heavy atom. The number of imidazole rings is 1. The Morgan fingerprint density at radius 3 is 2.59 bits per heavy atom. The highest BCUT2D eigenvalue weighted by atomic mass is 16.2. The van der Waals surface area contributed by atoms with Gasteiger partial charge in [-0.3, -0.25) is 9.69 Å². The summed E-state index contributed by atoms with van der Waals surface area (Å²) in [7, 11) is 0. The maximum Gasteiger partial charge on any atom is 0.227 e. The van der Waals surface area contributed by atoms with Gasteiger partial charge in [-0.1, -0.05) is 24.3 Å². The first-order chi connectivity index (χ1) is 16.5. The molecule has 0 aliphatic carbocycles. The fourth-order valence-electron chi connectivity index (χ4n) is 5.65. The van der Waals surface area contributed by atoms with Gasteiger partial charge in [0.25, 0.3) is 0 Å². The number of likely N-dealkylation sites (tertiary alicyclic amines) is 1. The average Bonchev–Trinajstić information content (AvgIpc) is 3.22. The monoisotopic (exact) mass is 459 g/mol. The summed E-state index contributed by atoms with van der Waals surface area (Å²) in [5.74, 6) is 1.54. The number of benzene rings is 2. The molecule has 2 saturated heterocycles. The quantitative estimate of drug-likeness (QED) is 0.564. The second kappa shape index (κ2) is 9.79. The maximum atomic E-state index is 13.4. The highest BCUT2D eigenvalue weighted by molar-refractivity contribution is 5.79. The van der Waals surface area contributed by atoms with Crippen molar-refractivity contribution in [2.24, 2.45) is 5.92 Å². The number of carbonyl (C=O) groups excluding carboxylic acids is 1. The Hall–Kier alpha value is -2.86. The summed E-state index contributed by atoms with van der Waals surface area (Å²) >= 11 is 0. The SMILES string of the molecule is Cc1cccc(N2CCN(C(=O)[C@H]3CCCN(Cc4nc5ccccc5n4C(C)C)C3)CC2)c1. The van der Waals surface area contributed by atoms with Crippen molar-refractivity contribution in [3.05, 3.63) is 59.9 Å². The van der Waals surface area contributed by atoms with E-state index in [2.05, 4.69) is 88.6 Å². The molecule has 6 heteroatoms. The van der Waals surface area contributed by atoms with Crippen LogP contribution in [0.4, 0.5) is 5.69 Å². The standard InChI is InChI=1S/C28H37N5O/c1-21(2)33-26-12-5-4-11-25(26)29-27(33)20-30-13-7-9-23(19-30)28(34)32-16-14-31(15-17-32)24-10-6-8-22(3)18-24/h4-6,8,10-12,18,21,23H,7,9,13-17,19-20H2,1-3H3/t23-/m0/s1. The lowest BCUT2D eigenvalue weighted by molar-refractivity contribution is -0.137. The summed E-state index contributed by atoms with van der Waals surface area (Å²) in [6.07, 6.45) is 2.07. The summed E-state index contributed by atoms with van der Waals surface area (Å²) in [6.45, 7) is 12.7. The van der Waals surface area contributed by atoms with E-state index in [1.54, 1.807) is 0 Å². The zero-order valence-electron chi connectivity index (χ0n) is 20.8. The fraction of sp³-hybridized carbons (Fsp3) is 0.500. The van der Waals surface area contributed by atoms with Gasteiger partial charge in [0.2, 0.25) is 5.91 Å². The number of carbonyl (C=O) groups is 1. The largest absolute Gasteiger partial charge is 0.368 e. The number of rotatable bonds is 5. The highest BCUT2D eigenvalue weighted by Crippen LogP contribution is 2.26. The van der Waals surface area contributed by atoms with Crippen molar-refractivity contribution in [3.8, 4) is 0 Å². The Kier molecular flexibility index (Phi) is 6.59. The minimum Gasteiger partial charge on any atom is -0.368 e. The number of aryl methyl sites for hydroxylation is 1. The van der Waals surface area contributed by atoms with E-state index >= 15 is 0 Å². The number of hydrogen-bond acceptors (Lipinski definition) is 4. The summed E-state index contributed by atoms with van der Waals surface area (Å²) in [6, 6.07) is 17.4. The lowest BCUT2D eigenvalue weighted by Crippen LogP contribution is -2.52. The molecule has 3 heterocycles. The van der Waals surface area contributed by atoms with Gasteiger partial charge >= 0.3 is 0 Å². The number of para-hydroxylation sites is 2. The summed E-state index contributed by atoms with van der Waals surface area (Å²) < 4.78 is 2.35. The second-order valence-electron chi connectivity index (χ2n) is 10.2. The molecule has 0 radical (unpaired) electrons. The van der Waals surface area contributed by atoms with Gasteiger partial charge in [-0.2, -0.15) is 0 Å². The molecule has 5 rings (SSSR count). The minimum absolute atomic E-state index is 0.0937. The predicted molar refractivity (Wildman–Crippen MR) is 138 cm³/mol. The summed E-state index contributed by atoms with van der Waals surface area (Å²) in [4.78, 5) is 25.3. The molecule has 6 nitrogen and oxygen atoms in total. The van der Waals surface area contributed by atoms with Crippen LogP contribution in [0.25, 0.3) is 11.0 Å². The first-order valence-electron chi connectivity index (χ1n) is 12.8. The molecule has 2 aromatic carbocycles. The van der Waals surface area contributed by atoms with Crippen LogP contribution in [0.5, 0.6) is 0 Å². The summed E-state index contributed by atoms with van der Waals surface area (Å²) in [5.41, 5.74) is 4.80. The van der Waals surface area contributed by atoms with Crippen LogP contribution in [-0.4, -0.2) is 64.5 Å². The third-order valence-corrected chi connectivity index (χ3v) is 7.36. The van der Waals surface area contributed by atoms with Gasteiger partial charge in [0.15, 0.2) is 0 Å². The van der Waals surface area contributed by atoms with Crippen LogP contribution < -0.4 is 4.90 Å². The van der Waals surface area contributed by atoms with Crippen molar-refractivity contribution in [3.63, 3.8) is 0 Å². The van der Waals surface area contributed by atoms with E-state index in [9.17, 15) is 4.79 Å². The molecule has 34 heavy (non-hydrogen) atoms. The van der Waals surface area contributed by atoms with Gasteiger partial charge in [0, 0.05) is 44.5 Å². The molecule has 2 fully saturated rings. The first-order valence-corrected chi connectivity index (χ1v) is 12.8. The molecule has 0 unspecified atom stereocenters. The van der Waals surface area contributed by atoms with Crippen molar-refractivity contribution < 1.29 is 4.79 Å². The number of aromatic nitrogens is 2. The van der Waals surface area contributed by atoms with E-state index in [4.69, 9.17) is 4.98 Å². The molecule has 180 valence electrons. The number of anilines is 1. The normalized spacial score (nSPS) is 19.8. The zero-order chi connectivity index (χ0) is 23.7. The lowest BCUT2D eigenvalue weighted by atomic mass is 9.96. The van der Waals surface area contributed by atoms with Gasteiger partial charge in [0.05, 0.1) is 23.5 Å². The van der Waals surface area contributed by atoms with Crippen LogP contribution >= 0.6 is 0 Å². The molecule has 0 N–H and O–H groups in total. The molecule has 1 atom stereocenters. The van der Waals surface area contributed by atoms with Gasteiger partial charge in [-0.15, -0.1) is 0 Å². The molecular weight excluding hydrogens is 422 g/mol. The van der Waals surface area contributed by atoms with Crippen LogP contribution in [0.3, 0.4) is 0 Å². The van der Waals surface area contributed by atoms with Crippen molar-refractivity contribution in [1.29, 1.82) is 0 Å². The third-order valence-electron chi connectivity index (χ3n) is 7.36. The number of piperazine rings is 1. The fourth-order valence-corrected chi connectivity index (χ4v) is 5.65. The Bertz CT molecular complexity index is 1140. The number of nitrogens with zero attached hydrogens (tertiary/aromatic N) is 5. The number of fused-ring (bicyclic) bond motifs is 1. The van der Waals surface area contributed by atoms with E-state index in [1.807, 2.05) is 0 Å². The Labute approximate surface area is 203 Å².